The second kappa shape index (κ2) is 10.5. The number of benzene rings is 3. The van der Waals surface area contributed by atoms with E-state index in [9.17, 15) is 9.59 Å². The minimum Gasteiger partial charge on any atom is -0.495 e. The molecule has 0 saturated carbocycles. The molecule has 0 bridgehead atoms. The van der Waals surface area contributed by atoms with Crippen LogP contribution in [0.3, 0.4) is 0 Å². The van der Waals surface area contributed by atoms with Crippen molar-refractivity contribution in [2.24, 2.45) is 0 Å². The van der Waals surface area contributed by atoms with Crippen molar-refractivity contribution >= 4 is 34.8 Å². The van der Waals surface area contributed by atoms with E-state index in [1.165, 1.54) is 0 Å². The Hall–Kier alpha value is -3.35. The van der Waals surface area contributed by atoms with Crippen molar-refractivity contribution < 1.29 is 14.3 Å². The summed E-state index contributed by atoms with van der Waals surface area (Å²) in [4.78, 5) is 27.0. The number of hydrogen-bond acceptors (Lipinski definition) is 4. The number of halogens is 1. The summed E-state index contributed by atoms with van der Waals surface area (Å²) in [5.74, 6) is 0.522. The average Bonchev–Trinajstić information content (AvgIpc) is 3.26. The molecule has 3 aromatic rings. The molecule has 2 N–H and O–H groups in total. The average molecular weight is 464 g/mol. The molecule has 1 unspecified atom stereocenters. The summed E-state index contributed by atoms with van der Waals surface area (Å²) in [7, 11) is 1.55. The van der Waals surface area contributed by atoms with E-state index in [2.05, 4.69) is 10.6 Å². The fourth-order valence-electron chi connectivity index (χ4n) is 3.90. The second-order valence-corrected chi connectivity index (χ2v) is 8.29. The highest BCUT2D eigenvalue weighted by molar-refractivity contribution is 6.32. The first-order valence-corrected chi connectivity index (χ1v) is 11.2. The van der Waals surface area contributed by atoms with Crippen molar-refractivity contribution in [2.75, 3.05) is 23.9 Å². The molecule has 0 aromatic heterocycles. The van der Waals surface area contributed by atoms with Crippen LogP contribution in [0, 0.1) is 0 Å². The van der Waals surface area contributed by atoms with E-state index in [1.807, 2.05) is 59.5 Å². The Labute approximate surface area is 198 Å². The molecular formula is C26H26ClN3O3. The molecule has 4 rings (SSSR count). The van der Waals surface area contributed by atoms with Gasteiger partial charge in [0, 0.05) is 30.9 Å². The SMILES string of the molecule is COc1ccc(NC(=O)C(NCc2ccc(N3CCCC3=O)cc2)c2ccccc2)cc1Cl. The van der Waals surface area contributed by atoms with Gasteiger partial charge in [0.2, 0.25) is 11.8 Å². The van der Waals surface area contributed by atoms with Gasteiger partial charge in [-0.1, -0.05) is 54.1 Å². The van der Waals surface area contributed by atoms with Gasteiger partial charge in [-0.15, -0.1) is 0 Å². The van der Waals surface area contributed by atoms with Crippen LogP contribution in [-0.2, 0) is 16.1 Å². The number of methoxy groups -OCH3 is 1. The maximum Gasteiger partial charge on any atom is 0.246 e. The number of nitrogens with one attached hydrogen (secondary N) is 2. The first-order valence-electron chi connectivity index (χ1n) is 10.9. The Morgan fingerprint density at radius 2 is 1.85 bits per heavy atom. The van der Waals surface area contributed by atoms with Crippen LogP contribution in [0.1, 0.15) is 30.0 Å². The lowest BCUT2D eigenvalue weighted by atomic mass is 10.1. The Kier molecular flexibility index (Phi) is 7.27. The summed E-state index contributed by atoms with van der Waals surface area (Å²) in [6.45, 7) is 1.26. The Morgan fingerprint density at radius 1 is 1.09 bits per heavy atom. The number of anilines is 2. The van der Waals surface area contributed by atoms with Crippen molar-refractivity contribution in [1.29, 1.82) is 0 Å². The Morgan fingerprint density at radius 3 is 2.48 bits per heavy atom. The lowest BCUT2D eigenvalue weighted by Gasteiger charge is -2.20. The Balaban J connectivity index is 1.46. The molecule has 1 heterocycles. The zero-order valence-corrected chi connectivity index (χ0v) is 19.1. The van der Waals surface area contributed by atoms with Crippen LogP contribution in [0.2, 0.25) is 5.02 Å². The van der Waals surface area contributed by atoms with Crippen molar-refractivity contribution in [2.45, 2.75) is 25.4 Å². The van der Waals surface area contributed by atoms with Crippen LogP contribution in [-0.4, -0.2) is 25.5 Å². The maximum absolute atomic E-state index is 13.2. The number of rotatable bonds is 8. The number of nitrogens with zero attached hydrogens (tertiary/aromatic N) is 1. The van der Waals surface area contributed by atoms with E-state index in [-0.39, 0.29) is 11.8 Å². The lowest BCUT2D eigenvalue weighted by Crippen LogP contribution is -2.32. The zero-order valence-electron chi connectivity index (χ0n) is 18.4. The molecule has 6 nitrogen and oxygen atoms in total. The quantitative estimate of drug-likeness (QED) is 0.496. The first-order chi connectivity index (χ1) is 16.0. The Bertz CT molecular complexity index is 1120. The molecule has 1 fully saturated rings. The molecule has 3 aromatic carbocycles. The van der Waals surface area contributed by atoms with Gasteiger partial charge in [0.05, 0.1) is 12.1 Å². The molecule has 0 aliphatic carbocycles. The molecular weight excluding hydrogens is 438 g/mol. The molecule has 170 valence electrons. The largest absolute Gasteiger partial charge is 0.495 e. The topological polar surface area (TPSA) is 70.7 Å². The highest BCUT2D eigenvalue weighted by Crippen LogP contribution is 2.28. The van der Waals surface area contributed by atoms with E-state index in [0.717, 1.165) is 29.8 Å². The van der Waals surface area contributed by atoms with E-state index in [4.69, 9.17) is 16.3 Å². The van der Waals surface area contributed by atoms with Crippen molar-refractivity contribution in [3.05, 3.63) is 88.9 Å². The lowest BCUT2D eigenvalue weighted by molar-refractivity contribution is -0.118. The van der Waals surface area contributed by atoms with Crippen LogP contribution >= 0.6 is 11.6 Å². The van der Waals surface area contributed by atoms with Crippen LogP contribution in [0.25, 0.3) is 0 Å². The number of carbonyl (C=O) groups is 2. The first kappa shape index (κ1) is 22.8. The van der Waals surface area contributed by atoms with Gasteiger partial charge in [0.1, 0.15) is 11.8 Å². The predicted octanol–water partition coefficient (Wildman–Crippen LogP) is 4.95. The fourth-order valence-corrected chi connectivity index (χ4v) is 4.16. The molecule has 33 heavy (non-hydrogen) atoms. The van der Waals surface area contributed by atoms with Gasteiger partial charge in [-0.05, 0) is 47.9 Å². The smallest absolute Gasteiger partial charge is 0.246 e. The summed E-state index contributed by atoms with van der Waals surface area (Å²) in [6, 6.07) is 22.0. The number of carbonyl (C=O) groups excluding carboxylic acids is 2. The molecule has 0 spiro atoms. The molecule has 1 aliphatic rings. The third-order valence-electron chi connectivity index (χ3n) is 5.65. The number of amides is 2. The monoisotopic (exact) mass is 463 g/mol. The normalized spacial score (nSPS) is 14.2. The van der Waals surface area contributed by atoms with Crippen LogP contribution in [0.5, 0.6) is 5.75 Å². The van der Waals surface area contributed by atoms with Crippen LogP contribution < -0.4 is 20.3 Å². The zero-order chi connectivity index (χ0) is 23.2. The summed E-state index contributed by atoms with van der Waals surface area (Å²) < 4.78 is 5.18. The predicted molar refractivity (Wildman–Crippen MR) is 131 cm³/mol. The van der Waals surface area contributed by atoms with Gasteiger partial charge >= 0.3 is 0 Å². The number of ether oxygens (including phenoxy) is 1. The summed E-state index contributed by atoms with van der Waals surface area (Å²) in [6.07, 6.45) is 1.51. The highest BCUT2D eigenvalue weighted by atomic mass is 35.5. The van der Waals surface area contributed by atoms with Gasteiger partial charge in [-0.2, -0.15) is 0 Å². The molecule has 1 aliphatic heterocycles. The van der Waals surface area contributed by atoms with E-state index >= 15 is 0 Å². The van der Waals surface area contributed by atoms with Crippen molar-refractivity contribution in [3.8, 4) is 5.75 Å². The maximum atomic E-state index is 13.2. The van der Waals surface area contributed by atoms with E-state index in [0.29, 0.717) is 29.4 Å². The third-order valence-corrected chi connectivity index (χ3v) is 5.94. The van der Waals surface area contributed by atoms with Gasteiger partial charge in [0.15, 0.2) is 0 Å². The summed E-state index contributed by atoms with van der Waals surface area (Å²) in [5, 5.41) is 6.72. The van der Waals surface area contributed by atoms with E-state index in [1.54, 1.807) is 25.3 Å². The van der Waals surface area contributed by atoms with Gasteiger partial charge in [-0.25, -0.2) is 0 Å². The van der Waals surface area contributed by atoms with Crippen LogP contribution in [0.15, 0.2) is 72.8 Å². The molecule has 0 radical (unpaired) electrons. The van der Waals surface area contributed by atoms with Gasteiger partial charge in [-0.3, -0.25) is 14.9 Å². The second-order valence-electron chi connectivity index (χ2n) is 7.88. The van der Waals surface area contributed by atoms with Gasteiger partial charge < -0.3 is 15.0 Å². The van der Waals surface area contributed by atoms with Crippen LogP contribution in [0.4, 0.5) is 11.4 Å². The van der Waals surface area contributed by atoms with Crippen molar-refractivity contribution in [1.82, 2.24) is 5.32 Å². The van der Waals surface area contributed by atoms with Crippen molar-refractivity contribution in [3.63, 3.8) is 0 Å². The molecule has 1 atom stereocenters. The van der Waals surface area contributed by atoms with E-state index < -0.39 is 6.04 Å². The molecule has 1 saturated heterocycles. The third kappa shape index (κ3) is 5.53. The summed E-state index contributed by atoms with van der Waals surface area (Å²) >= 11 is 6.20. The molecule has 2 amide bonds. The summed E-state index contributed by atoms with van der Waals surface area (Å²) in [5.41, 5.74) is 3.38. The highest BCUT2D eigenvalue weighted by Gasteiger charge is 2.22. The molecule has 7 heteroatoms. The minimum absolute atomic E-state index is 0.167. The fraction of sp³-hybridized carbons (Fsp3) is 0.231. The standard InChI is InChI=1S/C26H26ClN3O3/c1-33-23-14-11-20(16-22(23)27)29-26(32)25(19-6-3-2-4-7-19)28-17-18-9-12-21(13-10-18)30-15-5-8-24(30)31/h2-4,6-7,9-14,16,25,28H,5,8,15,17H2,1H3,(H,29,32). The number of hydrogen-bond donors (Lipinski definition) is 2. The van der Waals surface area contributed by atoms with Gasteiger partial charge in [0.25, 0.3) is 0 Å². The minimum atomic E-state index is -0.563.